The predicted molar refractivity (Wildman–Crippen MR) is 70.8 cm³/mol. The van der Waals surface area contributed by atoms with Crippen molar-refractivity contribution in [3.05, 3.63) is 35.2 Å². The molecule has 0 bridgehead atoms. The number of hydrogen-bond acceptors (Lipinski definition) is 2. The Morgan fingerprint density at radius 3 is 2.94 bits per heavy atom. The Bertz CT molecular complexity index is 455. The fourth-order valence-corrected chi connectivity index (χ4v) is 3.22. The molecular weight excluding hydrogens is 214 g/mol. The van der Waals surface area contributed by atoms with E-state index in [4.69, 9.17) is 0 Å². The summed E-state index contributed by atoms with van der Waals surface area (Å²) in [7, 11) is 0. The van der Waals surface area contributed by atoms with Crippen molar-refractivity contribution in [2.75, 3.05) is 6.54 Å². The number of benzene rings is 1. The molecule has 0 saturated heterocycles. The molecule has 1 nitrogen and oxygen atoms in total. The number of fused-ring (bicyclic) bond motifs is 1. The highest BCUT2D eigenvalue weighted by Gasteiger charge is 2.31. The molecule has 2 aromatic rings. The lowest BCUT2D eigenvalue weighted by Gasteiger charge is -2.00. The van der Waals surface area contributed by atoms with Crippen LogP contribution >= 0.6 is 11.3 Å². The minimum absolute atomic E-state index is 0.939. The summed E-state index contributed by atoms with van der Waals surface area (Å²) in [5.41, 5.74) is 0. The van der Waals surface area contributed by atoms with Gasteiger partial charge in [-0.15, -0.1) is 11.3 Å². The van der Waals surface area contributed by atoms with Crippen molar-refractivity contribution >= 4 is 21.4 Å². The maximum Gasteiger partial charge on any atom is 0.0346 e. The summed E-state index contributed by atoms with van der Waals surface area (Å²) >= 11 is 1.91. The van der Waals surface area contributed by atoms with Gasteiger partial charge in [0.1, 0.15) is 0 Å². The van der Waals surface area contributed by atoms with E-state index in [1.165, 1.54) is 27.9 Å². The fraction of sp³-hybridized carbons (Fsp3) is 0.429. The zero-order valence-electron chi connectivity index (χ0n) is 9.57. The normalized spacial score (nSPS) is 23.8. The van der Waals surface area contributed by atoms with E-state index < -0.39 is 0 Å². The van der Waals surface area contributed by atoms with Crippen molar-refractivity contribution in [1.29, 1.82) is 0 Å². The van der Waals surface area contributed by atoms with Crippen LogP contribution in [0, 0.1) is 11.8 Å². The van der Waals surface area contributed by atoms with Gasteiger partial charge in [-0.25, -0.2) is 0 Å². The molecule has 1 fully saturated rings. The fourth-order valence-electron chi connectivity index (χ4n) is 2.19. The molecule has 0 amide bonds. The maximum atomic E-state index is 3.57. The van der Waals surface area contributed by atoms with Gasteiger partial charge in [0.25, 0.3) is 0 Å². The van der Waals surface area contributed by atoms with Crippen LogP contribution in [0.25, 0.3) is 10.1 Å². The third kappa shape index (κ3) is 2.13. The lowest BCUT2D eigenvalue weighted by Crippen LogP contribution is -2.15. The highest BCUT2D eigenvalue weighted by molar-refractivity contribution is 7.19. The molecule has 1 aromatic heterocycles. The van der Waals surface area contributed by atoms with Gasteiger partial charge in [0, 0.05) is 16.1 Å². The van der Waals surface area contributed by atoms with E-state index in [1.54, 1.807) is 0 Å². The number of rotatable bonds is 4. The number of hydrogen-bond donors (Lipinski definition) is 1. The van der Waals surface area contributed by atoms with Crippen LogP contribution in [-0.2, 0) is 6.54 Å². The van der Waals surface area contributed by atoms with E-state index in [0.717, 1.165) is 18.4 Å². The van der Waals surface area contributed by atoms with Crippen molar-refractivity contribution in [2.45, 2.75) is 19.9 Å². The van der Waals surface area contributed by atoms with E-state index in [1.807, 2.05) is 11.3 Å². The first-order valence-electron chi connectivity index (χ1n) is 6.01. The smallest absolute Gasteiger partial charge is 0.0346 e. The Morgan fingerprint density at radius 1 is 1.38 bits per heavy atom. The average Bonchev–Trinajstić information content (AvgIpc) is 2.84. The largest absolute Gasteiger partial charge is 0.312 e. The lowest BCUT2D eigenvalue weighted by molar-refractivity contribution is 0.616. The monoisotopic (exact) mass is 231 g/mol. The molecule has 1 aromatic carbocycles. The molecule has 1 aliphatic rings. The van der Waals surface area contributed by atoms with Crippen LogP contribution in [0.1, 0.15) is 18.2 Å². The van der Waals surface area contributed by atoms with E-state index in [0.29, 0.717) is 0 Å². The molecule has 1 heterocycles. The van der Waals surface area contributed by atoms with Gasteiger partial charge < -0.3 is 5.32 Å². The first-order valence-corrected chi connectivity index (χ1v) is 6.83. The third-order valence-electron chi connectivity index (χ3n) is 3.46. The van der Waals surface area contributed by atoms with Gasteiger partial charge in [0.15, 0.2) is 0 Å². The molecule has 0 radical (unpaired) electrons. The van der Waals surface area contributed by atoms with Crippen LogP contribution in [0.2, 0.25) is 0 Å². The minimum Gasteiger partial charge on any atom is -0.312 e. The Hall–Kier alpha value is -0.860. The number of thiophene rings is 1. The van der Waals surface area contributed by atoms with Crippen molar-refractivity contribution in [3.8, 4) is 0 Å². The quantitative estimate of drug-likeness (QED) is 0.847. The van der Waals surface area contributed by atoms with Gasteiger partial charge in [-0.3, -0.25) is 0 Å². The van der Waals surface area contributed by atoms with E-state index in [9.17, 15) is 0 Å². The standard InChI is InChI=1S/C14H17NS/c1-10-6-12(10)8-15-9-13-7-11-4-2-3-5-14(11)16-13/h2-5,7,10,12,15H,6,8-9H2,1H3. The summed E-state index contributed by atoms with van der Waals surface area (Å²) in [6.45, 7) is 4.56. The van der Waals surface area contributed by atoms with Gasteiger partial charge in [-0.05, 0) is 42.3 Å². The van der Waals surface area contributed by atoms with Gasteiger partial charge in [-0.1, -0.05) is 25.1 Å². The minimum atomic E-state index is 0.939. The second-order valence-corrected chi connectivity index (χ2v) is 6.02. The average molecular weight is 231 g/mol. The summed E-state index contributed by atoms with van der Waals surface area (Å²) in [5.74, 6) is 1.89. The Labute approximate surface area is 100 Å². The highest BCUT2D eigenvalue weighted by Crippen LogP contribution is 2.36. The Kier molecular flexibility index (Phi) is 2.70. The Morgan fingerprint density at radius 2 is 2.19 bits per heavy atom. The van der Waals surface area contributed by atoms with Crippen molar-refractivity contribution in [2.24, 2.45) is 11.8 Å². The van der Waals surface area contributed by atoms with Crippen LogP contribution in [0.5, 0.6) is 0 Å². The van der Waals surface area contributed by atoms with Crippen LogP contribution in [0.3, 0.4) is 0 Å². The van der Waals surface area contributed by atoms with Crippen molar-refractivity contribution < 1.29 is 0 Å². The molecule has 1 aliphatic carbocycles. The topological polar surface area (TPSA) is 12.0 Å². The SMILES string of the molecule is CC1CC1CNCc1cc2ccccc2s1. The molecule has 2 atom stereocenters. The molecule has 16 heavy (non-hydrogen) atoms. The van der Waals surface area contributed by atoms with E-state index >= 15 is 0 Å². The summed E-state index contributed by atoms with van der Waals surface area (Å²) in [6.07, 6.45) is 1.42. The van der Waals surface area contributed by atoms with Crippen molar-refractivity contribution in [1.82, 2.24) is 5.32 Å². The third-order valence-corrected chi connectivity index (χ3v) is 4.57. The van der Waals surface area contributed by atoms with Gasteiger partial charge in [-0.2, -0.15) is 0 Å². The summed E-state index contributed by atoms with van der Waals surface area (Å²) in [4.78, 5) is 1.45. The lowest BCUT2D eigenvalue weighted by atomic mass is 10.2. The number of nitrogens with one attached hydrogen (secondary N) is 1. The molecule has 84 valence electrons. The van der Waals surface area contributed by atoms with Gasteiger partial charge >= 0.3 is 0 Å². The molecular formula is C14H17NS. The van der Waals surface area contributed by atoms with Crippen LogP contribution in [0.15, 0.2) is 30.3 Å². The molecule has 2 unspecified atom stereocenters. The molecule has 3 rings (SSSR count). The summed E-state index contributed by atoms with van der Waals surface area (Å²) in [5, 5.41) is 4.94. The van der Waals surface area contributed by atoms with Crippen molar-refractivity contribution in [3.63, 3.8) is 0 Å². The van der Waals surface area contributed by atoms with Crippen LogP contribution in [0.4, 0.5) is 0 Å². The molecule has 2 heteroatoms. The predicted octanol–water partition coefficient (Wildman–Crippen LogP) is 3.65. The summed E-state index contributed by atoms with van der Waals surface area (Å²) in [6, 6.07) is 10.9. The van der Waals surface area contributed by atoms with Gasteiger partial charge in [0.2, 0.25) is 0 Å². The molecule has 0 aliphatic heterocycles. The summed E-state index contributed by atoms with van der Waals surface area (Å²) < 4.78 is 1.40. The second kappa shape index (κ2) is 4.19. The zero-order valence-corrected chi connectivity index (χ0v) is 10.4. The zero-order chi connectivity index (χ0) is 11.0. The van der Waals surface area contributed by atoms with Crippen LogP contribution < -0.4 is 5.32 Å². The van der Waals surface area contributed by atoms with E-state index in [-0.39, 0.29) is 0 Å². The maximum absolute atomic E-state index is 3.57. The first kappa shape index (κ1) is 10.3. The molecule has 1 N–H and O–H groups in total. The molecule has 0 spiro atoms. The van der Waals surface area contributed by atoms with Crippen LogP contribution in [-0.4, -0.2) is 6.54 Å². The second-order valence-electron chi connectivity index (χ2n) is 4.85. The molecule has 1 saturated carbocycles. The Balaban J connectivity index is 1.61. The first-order chi connectivity index (χ1) is 7.83. The van der Waals surface area contributed by atoms with E-state index in [2.05, 4.69) is 42.6 Å². The van der Waals surface area contributed by atoms with Gasteiger partial charge in [0.05, 0.1) is 0 Å². The highest BCUT2D eigenvalue weighted by atomic mass is 32.1.